The first kappa shape index (κ1) is 20.2. The van der Waals surface area contributed by atoms with Gasteiger partial charge in [-0.1, -0.05) is 6.07 Å². The number of nitrogens with one attached hydrogen (secondary N) is 2. The number of amides is 1. The van der Waals surface area contributed by atoms with E-state index in [0.717, 1.165) is 25.9 Å². The molecule has 1 aromatic heterocycles. The molecule has 1 aliphatic heterocycles. The Bertz CT molecular complexity index is 719. The van der Waals surface area contributed by atoms with Crippen LogP contribution < -0.4 is 15.4 Å². The maximum Gasteiger partial charge on any atom is 0.271 e. The van der Waals surface area contributed by atoms with Crippen LogP contribution in [0.4, 0.5) is 4.39 Å². The van der Waals surface area contributed by atoms with Crippen LogP contribution >= 0.6 is 12.4 Å². The van der Waals surface area contributed by atoms with Crippen molar-refractivity contribution in [3.63, 3.8) is 0 Å². The van der Waals surface area contributed by atoms with Gasteiger partial charge in [-0.3, -0.25) is 9.48 Å². The number of ether oxygens (including phenoxy) is 1. The van der Waals surface area contributed by atoms with Crippen molar-refractivity contribution in [3.05, 3.63) is 48.0 Å². The third kappa shape index (κ3) is 5.44. The zero-order valence-corrected chi connectivity index (χ0v) is 15.5. The number of benzene rings is 1. The van der Waals surface area contributed by atoms with E-state index in [9.17, 15) is 9.18 Å². The molecule has 0 saturated carbocycles. The largest absolute Gasteiger partial charge is 0.489 e. The van der Waals surface area contributed by atoms with Gasteiger partial charge in [-0.15, -0.1) is 12.4 Å². The van der Waals surface area contributed by atoms with Crippen LogP contribution in [-0.2, 0) is 0 Å². The molecule has 1 fully saturated rings. The summed E-state index contributed by atoms with van der Waals surface area (Å²) in [7, 11) is 0. The molecule has 2 N–H and O–H groups in total. The van der Waals surface area contributed by atoms with Crippen molar-refractivity contribution in [2.45, 2.75) is 31.9 Å². The molecule has 0 radical (unpaired) electrons. The number of carbonyl (C=O) groups excluding carboxylic acids is 1. The van der Waals surface area contributed by atoms with E-state index in [1.54, 1.807) is 18.2 Å². The van der Waals surface area contributed by atoms with E-state index in [1.807, 2.05) is 17.8 Å². The Hall–Kier alpha value is -2.12. The van der Waals surface area contributed by atoms with Gasteiger partial charge in [0.25, 0.3) is 5.91 Å². The van der Waals surface area contributed by atoms with Crippen LogP contribution in [0.25, 0.3) is 0 Å². The molecule has 1 saturated heterocycles. The zero-order valence-electron chi connectivity index (χ0n) is 14.7. The van der Waals surface area contributed by atoms with E-state index in [0.29, 0.717) is 24.0 Å². The highest BCUT2D eigenvalue weighted by Gasteiger charge is 2.18. The molecular formula is C18H24ClFN4O2. The molecule has 142 valence electrons. The average molecular weight is 383 g/mol. The van der Waals surface area contributed by atoms with Crippen molar-refractivity contribution in [1.82, 2.24) is 20.4 Å². The lowest BCUT2D eigenvalue weighted by Gasteiger charge is -2.22. The Morgan fingerprint density at radius 2 is 2.35 bits per heavy atom. The molecule has 2 unspecified atom stereocenters. The Balaban J connectivity index is 0.00000243. The van der Waals surface area contributed by atoms with Crippen molar-refractivity contribution in [1.29, 1.82) is 0 Å². The predicted molar refractivity (Wildman–Crippen MR) is 99.4 cm³/mol. The van der Waals surface area contributed by atoms with Gasteiger partial charge >= 0.3 is 0 Å². The van der Waals surface area contributed by atoms with Crippen LogP contribution in [0.1, 0.15) is 36.3 Å². The summed E-state index contributed by atoms with van der Waals surface area (Å²) in [6.45, 7) is 4.04. The summed E-state index contributed by atoms with van der Waals surface area (Å²) in [6, 6.07) is 7.97. The van der Waals surface area contributed by atoms with E-state index in [1.165, 1.54) is 12.1 Å². The van der Waals surface area contributed by atoms with Gasteiger partial charge in [-0.2, -0.15) is 5.10 Å². The Morgan fingerprint density at radius 1 is 1.50 bits per heavy atom. The van der Waals surface area contributed by atoms with Gasteiger partial charge in [0.2, 0.25) is 0 Å². The van der Waals surface area contributed by atoms with Crippen molar-refractivity contribution in [2.75, 3.05) is 19.6 Å². The second-order valence-corrected chi connectivity index (χ2v) is 6.28. The molecule has 8 heteroatoms. The van der Waals surface area contributed by atoms with E-state index in [-0.39, 0.29) is 30.2 Å². The number of hydrogen-bond donors (Lipinski definition) is 2. The number of nitrogens with zero attached hydrogens (tertiary/aromatic N) is 2. The number of carbonyl (C=O) groups is 1. The summed E-state index contributed by atoms with van der Waals surface area (Å²) in [5.41, 5.74) is 0.392. The van der Waals surface area contributed by atoms with Crippen LogP contribution in [-0.4, -0.2) is 41.4 Å². The summed E-state index contributed by atoms with van der Waals surface area (Å²) < 4.78 is 20.6. The smallest absolute Gasteiger partial charge is 0.271 e. The molecule has 2 heterocycles. The summed E-state index contributed by atoms with van der Waals surface area (Å²) >= 11 is 0. The van der Waals surface area contributed by atoms with Crippen LogP contribution in [0.2, 0.25) is 0 Å². The quantitative estimate of drug-likeness (QED) is 0.805. The molecule has 1 amide bonds. The van der Waals surface area contributed by atoms with E-state index >= 15 is 0 Å². The average Bonchev–Trinajstić information content (AvgIpc) is 3.11. The second kappa shape index (κ2) is 9.54. The van der Waals surface area contributed by atoms with Crippen molar-refractivity contribution < 1.29 is 13.9 Å². The molecule has 26 heavy (non-hydrogen) atoms. The van der Waals surface area contributed by atoms with Gasteiger partial charge in [0.15, 0.2) is 0 Å². The highest BCUT2D eigenvalue weighted by atomic mass is 35.5. The lowest BCUT2D eigenvalue weighted by molar-refractivity contribution is 0.0925. The van der Waals surface area contributed by atoms with Gasteiger partial charge in [-0.25, -0.2) is 4.39 Å². The number of piperidine rings is 1. The Kier molecular flexibility index (Phi) is 7.41. The molecule has 6 nitrogen and oxygen atoms in total. The summed E-state index contributed by atoms with van der Waals surface area (Å²) in [5, 5.41) is 10.5. The maximum absolute atomic E-state index is 13.1. The lowest BCUT2D eigenvalue weighted by Crippen LogP contribution is -2.34. The minimum Gasteiger partial charge on any atom is -0.489 e. The minimum absolute atomic E-state index is 0. The molecule has 0 aliphatic carbocycles. The number of halogens is 2. The first-order valence-corrected chi connectivity index (χ1v) is 8.58. The first-order chi connectivity index (χ1) is 12.1. The summed E-state index contributed by atoms with van der Waals surface area (Å²) in [5.74, 6) is -0.149. The topological polar surface area (TPSA) is 68.2 Å². The monoisotopic (exact) mass is 382 g/mol. The lowest BCUT2D eigenvalue weighted by atomic mass is 10.1. The van der Waals surface area contributed by atoms with Crippen LogP contribution in [0, 0.1) is 5.82 Å². The van der Waals surface area contributed by atoms with Crippen molar-refractivity contribution >= 4 is 18.3 Å². The van der Waals surface area contributed by atoms with Gasteiger partial charge in [0.1, 0.15) is 23.4 Å². The fourth-order valence-corrected chi connectivity index (χ4v) is 2.86. The van der Waals surface area contributed by atoms with Crippen molar-refractivity contribution in [3.8, 4) is 5.75 Å². The van der Waals surface area contributed by atoms with Crippen LogP contribution in [0.5, 0.6) is 5.75 Å². The predicted octanol–water partition coefficient (Wildman–Crippen LogP) is 2.57. The summed E-state index contributed by atoms with van der Waals surface area (Å²) in [6.07, 6.45) is 3.74. The third-order valence-electron chi connectivity index (χ3n) is 4.17. The molecule has 2 aromatic rings. The first-order valence-electron chi connectivity index (χ1n) is 8.58. The number of rotatable bonds is 6. The minimum atomic E-state index is -0.350. The van der Waals surface area contributed by atoms with Gasteiger partial charge in [0, 0.05) is 18.8 Å². The van der Waals surface area contributed by atoms with Gasteiger partial charge < -0.3 is 15.4 Å². The molecular weight excluding hydrogens is 359 g/mol. The highest BCUT2D eigenvalue weighted by molar-refractivity contribution is 5.92. The molecule has 0 spiro atoms. The molecule has 0 bridgehead atoms. The fourth-order valence-electron chi connectivity index (χ4n) is 2.86. The third-order valence-corrected chi connectivity index (χ3v) is 4.17. The molecule has 2 atom stereocenters. The Labute approximate surface area is 158 Å². The SMILES string of the molecule is CC(CNC(=O)c1ccn(C2CCCNC2)n1)Oc1cccc(F)c1.Cl. The molecule has 1 aromatic carbocycles. The Morgan fingerprint density at radius 3 is 3.08 bits per heavy atom. The van der Waals surface area contributed by atoms with Crippen LogP contribution in [0.3, 0.4) is 0 Å². The van der Waals surface area contributed by atoms with E-state index in [4.69, 9.17) is 4.74 Å². The summed E-state index contributed by atoms with van der Waals surface area (Å²) in [4.78, 5) is 12.2. The molecule has 1 aliphatic rings. The van der Waals surface area contributed by atoms with Crippen molar-refractivity contribution in [2.24, 2.45) is 0 Å². The highest BCUT2D eigenvalue weighted by Crippen LogP contribution is 2.16. The maximum atomic E-state index is 13.1. The van der Waals surface area contributed by atoms with Gasteiger partial charge in [0.05, 0.1) is 12.6 Å². The standard InChI is InChI=1S/C18H23FN4O2.ClH/c1-13(25-16-6-2-4-14(19)10-16)11-21-18(24)17-7-9-23(22-17)15-5-3-8-20-12-15;/h2,4,6-7,9-10,13,15,20H,3,5,8,11-12H2,1H3,(H,21,24);1H. The van der Waals surface area contributed by atoms with E-state index in [2.05, 4.69) is 15.7 Å². The number of aromatic nitrogens is 2. The number of hydrogen-bond acceptors (Lipinski definition) is 4. The molecule has 3 rings (SSSR count). The zero-order chi connectivity index (χ0) is 17.6. The fraction of sp³-hybridized carbons (Fsp3) is 0.444. The second-order valence-electron chi connectivity index (χ2n) is 6.28. The van der Waals surface area contributed by atoms with Gasteiger partial charge in [-0.05, 0) is 44.5 Å². The van der Waals surface area contributed by atoms with Crippen LogP contribution in [0.15, 0.2) is 36.5 Å². The van der Waals surface area contributed by atoms with E-state index < -0.39 is 0 Å². The normalized spacial score (nSPS) is 17.8.